The molecular weight excluding hydrogens is 442 g/mol. The summed E-state index contributed by atoms with van der Waals surface area (Å²) in [6, 6.07) is 14.3. The van der Waals surface area contributed by atoms with Crippen LogP contribution in [-0.4, -0.2) is 42.5 Å². The van der Waals surface area contributed by atoms with Crippen molar-refractivity contribution in [3.05, 3.63) is 71.3 Å². The fraction of sp³-hybridized carbons (Fsp3) is 0.292. The normalized spacial score (nSPS) is 21.4. The number of ether oxygens (including phenoxy) is 2. The lowest BCUT2D eigenvalue weighted by molar-refractivity contribution is -0.147. The molecule has 0 amide bonds. The fourth-order valence-electron chi connectivity index (χ4n) is 4.40. The molecule has 33 heavy (non-hydrogen) atoms. The molecule has 3 atom stereocenters. The standard InChI is InChI=1S/C24H21N3O5S/c1-31-22(29)17-19(14-4-6-16(33-3)7-5-14)24(12-25,13-26)20(15-8-10-27-11-9-15)18(21(17)28)23(30)32-2/h4-11,18-20,28H,1-3H3/t18-,19+,20+/m1/s1. The first-order valence-corrected chi connectivity index (χ1v) is 11.1. The van der Waals surface area contributed by atoms with E-state index in [0.717, 1.165) is 19.1 Å². The molecule has 0 spiro atoms. The van der Waals surface area contributed by atoms with Gasteiger partial charge in [0.2, 0.25) is 0 Å². The van der Waals surface area contributed by atoms with Crippen LogP contribution >= 0.6 is 11.8 Å². The molecule has 1 aliphatic rings. The zero-order chi connectivity index (χ0) is 24.2. The van der Waals surface area contributed by atoms with Crippen LogP contribution in [0.25, 0.3) is 0 Å². The lowest BCUT2D eigenvalue weighted by atomic mass is 9.54. The number of rotatable bonds is 5. The van der Waals surface area contributed by atoms with Crippen molar-refractivity contribution in [2.45, 2.75) is 16.7 Å². The van der Waals surface area contributed by atoms with Gasteiger partial charge in [-0.2, -0.15) is 10.5 Å². The van der Waals surface area contributed by atoms with Gasteiger partial charge < -0.3 is 14.6 Å². The number of carbonyl (C=O) groups is 2. The number of nitriles is 2. The zero-order valence-corrected chi connectivity index (χ0v) is 19.0. The van der Waals surface area contributed by atoms with Crippen molar-refractivity contribution in [2.24, 2.45) is 11.3 Å². The minimum absolute atomic E-state index is 0.321. The summed E-state index contributed by atoms with van der Waals surface area (Å²) in [6.07, 6.45) is 4.82. The molecule has 1 aromatic carbocycles. The highest BCUT2D eigenvalue weighted by Gasteiger charge is 2.61. The minimum atomic E-state index is -1.96. The van der Waals surface area contributed by atoms with Crippen LogP contribution < -0.4 is 0 Å². The van der Waals surface area contributed by atoms with Crippen LogP contribution in [0.3, 0.4) is 0 Å². The van der Waals surface area contributed by atoms with E-state index < -0.39 is 40.9 Å². The van der Waals surface area contributed by atoms with E-state index in [1.54, 1.807) is 36.4 Å². The molecule has 2 aromatic rings. The molecule has 168 valence electrons. The third-order valence-corrected chi connectivity index (χ3v) is 6.63. The average Bonchev–Trinajstić information content (AvgIpc) is 2.87. The number of aliphatic hydroxyl groups excluding tert-OH is 1. The van der Waals surface area contributed by atoms with E-state index in [0.29, 0.717) is 11.1 Å². The Labute approximate surface area is 195 Å². The van der Waals surface area contributed by atoms with Crippen molar-refractivity contribution < 1.29 is 24.2 Å². The largest absolute Gasteiger partial charge is 0.511 e. The number of hydrogen-bond acceptors (Lipinski definition) is 9. The summed E-state index contributed by atoms with van der Waals surface area (Å²) in [5, 5.41) is 32.1. The zero-order valence-electron chi connectivity index (χ0n) is 18.2. The number of pyridine rings is 1. The lowest BCUT2D eigenvalue weighted by Crippen LogP contribution is -2.47. The number of methoxy groups -OCH3 is 2. The molecule has 1 aromatic heterocycles. The SMILES string of the molecule is COC(=O)C1=C(O)[C@H](C(=O)OC)[C@H](c2ccncc2)C(C#N)(C#N)[C@H]1c1ccc(SC)cc1. The third-order valence-electron chi connectivity index (χ3n) is 5.88. The first-order chi connectivity index (χ1) is 15.9. The van der Waals surface area contributed by atoms with Gasteiger partial charge in [0.1, 0.15) is 11.7 Å². The van der Waals surface area contributed by atoms with Gasteiger partial charge in [-0.1, -0.05) is 12.1 Å². The maximum atomic E-state index is 12.9. The van der Waals surface area contributed by atoms with Crippen molar-refractivity contribution >= 4 is 23.7 Å². The van der Waals surface area contributed by atoms with E-state index in [4.69, 9.17) is 9.47 Å². The number of thioether (sulfide) groups is 1. The summed E-state index contributed by atoms with van der Waals surface area (Å²) in [4.78, 5) is 30.6. The quantitative estimate of drug-likeness (QED) is 0.522. The third kappa shape index (κ3) is 3.92. The second-order valence-corrected chi connectivity index (χ2v) is 8.23. The van der Waals surface area contributed by atoms with Gasteiger partial charge >= 0.3 is 11.9 Å². The number of carbonyl (C=O) groups excluding carboxylic acids is 2. The van der Waals surface area contributed by atoms with E-state index in [-0.39, 0.29) is 5.57 Å². The molecule has 0 saturated carbocycles. The molecule has 8 nitrogen and oxygen atoms in total. The van der Waals surface area contributed by atoms with Crippen LogP contribution in [0.5, 0.6) is 0 Å². The summed E-state index contributed by atoms with van der Waals surface area (Å²) >= 11 is 1.50. The number of hydrogen-bond donors (Lipinski definition) is 1. The van der Waals surface area contributed by atoms with Crippen molar-refractivity contribution in [3.63, 3.8) is 0 Å². The maximum absolute atomic E-state index is 12.9. The first-order valence-electron chi connectivity index (χ1n) is 9.85. The molecule has 1 heterocycles. The Bertz CT molecular complexity index is 1150. The van der Waals surface area contributed by atoms with Gasteiger partial charge in [0.25, 0.3) is 0 Å². The average molecular weight is 464 g/mol. The molecule has 0 radical (unpaired) electrons. The van der Waals surface area contributed by atoms with Gasteiger partial charge in [-0.3, -0.25) is 9.78 Å². The van der Waals surface area contributed by atoms with Crippen molar-refractivity contribution in [3.8, 4) is 12.1 Å². The lowest BCUT2D eigenvalue weighted by Gasteiger charge is -2.44. The monoisotopic (exact) mass is 463 g/mol. The maximum Gasteiger partial charge on any atom is 0.337 e. The number of aliphatic hydroxyl groups is 1. The van der Waals surface area contributed by atoms with Gasteiger partial charge in [-0.15, -0.1) is 11.8 Å². The molecule has 3 rings (SSSR count). The highest BCUT2D eigenvalue weighted by molar-refractivity contribution is 7.98. The first kappa shape index (κ1) is 23.8. The van der Waals surface area contributed by atoms with Gasteiger partial charge in [0, 0.05) is 23.2 Å². The Balaban J connectivity index is 2.45. The van der Waals surface area contributed by atoms with Crippen LogP contribution in [0.15, 0.2) is 65.0 Å². The van der Waals surface area contributed by atoms with E-state index in [9.17, 15) is 25.2 Å². The molecule has 0 aliphatic heterocycles. The second-order valence-electron chi connectivity index (χ2n) is 7.35. The number of aromatic nitrogens is 1. The van der Waals surface area contributed by atoms with Crippen molar-refractivity contribution in [1.29, 1.82) is 10.5 Å². The smallest absolute Gasteiger partial charge is 0.337 e. The molecule has 1 N–H and O–H groups in total. The Morgan fingerprint density at radius 2 is 1.64 bits per heavy atom. The molecule has 0 fully saturated rings. The summed E-state index contributed by atoms with van der Waals surface area (Å²) in [7, 11) is 2.25. The van der Waals surface area contributed by atoms with Gasteiger partial charge in [0.15, 0.2) is 5.41 Å². The Morgan fingerprint density at radius 1 is 1.03 bits per heavy atom. The predicted octanol–water partition coefficient (Wildman–Crippen LogP) is 3.49. The molecule has 0 bridgehead atoms. The van der Waals surface area contributed by atoms with Gasteiger partial charge in [-0.05, 0) is 41.6 Å². The van der Waals surface area contributed by atoms with Gasteiger partial charge in [-0.25, -0.2) is 4.79 Å². The van der Waals surface area contributed by atoms with Crippen LogP contribution in [0.1, 0.15) is 23.0 Å². The summed E-state index contributed by atoms with van der Waals surface area (Å²) in [5.41, 5.74) is -1.41. The van der Waals surface area contributed by atoms with E-state index in [2.05, 4.69) is 17.1 Å². The highest BCUT2D eigenvalue weighted by atomic mass is 32.2. The summed E-state index contributed by atoms with van der Waals surface area (Å²) in [5.74, 6) is -6.25. The van der Waals surface area contributed by atoms with Gasteiger partial charge in [0.05, 0.1) is 37.8 Å². The fourth-order valence-corrected chi connectivity index (χ4v) is 4.80. The molecule has 1 aliphatic carbocycles. The van der Waals surface area contributed by atoms with E-state index in [1.165, 1.54) is 24.2 Å². The van der Waals surface area contributed by atoms with E-state index in [1.807, 2.05) is 6.26 Å². The minimum Gasteiger partial charge on any atom is -0.511 e. The Morgan fingerprint density at radius 3 is 2.12 bits per heavy atom. The highest BCUT2D eigenvalue weighted by Crippen LogP contribution is 2.58. The Kier molecular flexibility index (Phi) is 7.05. The molecule has 0 saturated heterocycles. The molecule has 0 unspecified atom stereocenters. The van der Waals surface area contributed by atoms with Crippen molar-refractivity contribution in [1.82, 2.24) is 4.98 Å². The predicted molar refractivity (Wildman–Crippen MR) is 119 cm³/mol. The van der Waals surface area contributed by atoms with Crippen molar-refractivity contribution in [2.75, 3.05) is 20.5 Å². The van der Waals surface area contributed by atoms with Crippen LogP contribution in [0, 0.1) is 34.0 Å². The topological polar surface area (TPSA) is 133 Å². The van der Waals surface area contributed by atoms with Crippen LogP contribution in [-0.2, 0) is 19.1 Å². The molecule has 9 heteroatoms. The summed E-state index contributed by atoms with van der Waals surface area (Å²) < 4.78 is 9.80. The number of benzene rings is 1. The molecular formula is C24H21N3O5S. The summed E-state index contributed by atoms with van der Waals surface area (Å²) in [6.45, 7) is 0. The number of nitrogens with zero attached hydrogens (tertiary/aromatic N) is 3. The van der Waals surface area contributed by atoms with Crippen LogP contribution in [0.2, 0.25) is 0 Å². The second kappa shape index (κ2) is 9.76. The van der Waals surface area contributed by atoms with E-state index >= 15 is 0 Å². The number of esters is 2. The Hall–Kier alpha value is -3.82. The van der Waals surface area contributed by atoms with Crippen LogP contribution in [0.4, 0.5) is 0 Å².